The topological polar surface area (TPSA) is 107 Å². The van der Waals surface area contributed by atoms with Crippen LogP contribution in [-0.2, 0) is 0 Å². The molecule has 1 N–H and O–H groups in total. The van der Waals surface area contributed by atoms with Gasteiger partial charge in [-0.1, -0.05) is 42.5 Å². The highest BCUT2D eigenvalue weighted by molar-refractivity contribution is 6.01. The smallest absolute Gasteiger partial charge is 0.271 e. The molecule has 5 rings (SSSR count). The summed E-state index contributed by atoms with van der Waals surface area (Å²) in [6.07, 6.45) is 0. The van der Waals surface area contributed by atoms with Crippen molar-refractivity contribution in [3.05, 3.63) is 82.9 Å². The van der Waals surface area contributed by atoms with Crippen LogP contribution >= 0.6 is 0 Å². The molecule has 0 saturated heterocycles. The average molecular weight is 412 g/mol. The number of non-ortho nitro benzene ring substituents is 1. The molecule has 0 atom stereocenters. The number of fused-ring (bicyclic) bond motifs is 3. The van der Waals surface area contributed by atoms with Crippen LogP contribution in [0.25, 0.3) is 27.8 Å². The minimum absolute atomic E-state index is 0.00519. The third kappa shape index (κ3) is 3.18. The first-order chi connectivity index (χ1) is 15.2. The zero-order valence-electron chi connectivity index (χ0n) is 16.4. The van der Waals surface area contributed by atoms with E-state index in [1.165, 1.54) is 12.1 Å². The first kappa shape index (κ1) is 18.5. The highest BCUT2D eigenvalue weighted by Gasteiger charge is 2.18. The van der Waals surface area contributed by atoms with Gasteiger partial charge in [-0.3, -0.25) is 10.1 Å². The van der Waals surface area contributed by atoms with Gasteiger partial charge >= 0.3 is 0 Å². The molecule has 0 bridgehead atoms. The van der Waals surface area contributed by atoms with E-state index in [0.29, 0.717) is 28.7 Å². The van der Waals surface area contributed by atoms with Gasteiger partial charge in [-0.15, -0.1) is 15.3 Å². The molecule has 0 aliphatic heterocycles. The highest BCUT2D eigenvalue weighted by atomic mass is 16.6. The maximum absolute atomic E-state index is 11.1. The Morgan fingerprint density at radius 3 is 2.55 bits per heavy atom. The van der Waals surface area contributed by atoms with Crippen molar-refractivity contribution in [2.75, 3.05) is 12.4 Å². The number of methoxy groups -OCH3 is 1. The Kier molecular flexibility index (Phi) is 4.40. The van der Waals surface area contributed by atoms with Crippen LogP contribution in [-0.4, -0.2) is 31.8 Å². The van der Waals surface area contributed by atoms with Crippen LogP contribution < -0.4 is 10.1 Å². The van der Waals surface area contributed by atoms with E-state index >= 15 is 0 Å². The first-order valence-electron chi connectivity index (χ1n) is 9.45. The minimum Gasteiger partial charge on any atom is -0.496 e. The summed E-state index contributed by atoms with van der Waals surface area (Å²) in [4.78, 5) is 10.7. The van der Waals surface area contributed by atoms with Crippen LogP contribution in [0, 0.1) is 10.1 Å². The quantitative estimate of drug-likeness (QED) is 0.332. The molecule has 0 fully saturated rings. The van der Waals surface area contributed by atoms with E-state index in [0.717, 1.165) is 16.3 Å². The molecule has 0 amide bonds. The molecule has 152 valence electrons. The van der Waals surface area contributed by atoms with Gasteiger partial charge in [0.2, 0.25) is 0 Å². The number of hydrogen-bond acceptors (Lipinski definition) is 7. The number of nitrogens with one attached hydrogen (secondary N) is 1. The molecule has 0 aliphatic carbocycles. The normalized spacial score (nSPS) is 11.0. The zero-order valence-corrected chi connectivity index (χ0v) is 16.4. The standard InChI is InChI=1S/C22H16N6O3/c1-31-19-12-5-4-11-18(19)22-25-24-21-17-10-3-2-9-16(17)20(26-27(21)22)23-14-7-6-8-15(13-14)28(29)30/h2-13H,1H3,(H,23,26). The molecule has 31 heavy (non-hydrogen) atoms. The van der Waals surface area contributed by atoms with Gasteiger partial charge in [0.1, 0.15) is 5.75 Å². The minimum atomic E-state index is -0.431. The summed E-state index contributed by atoms with van der Waals surface area (Å²) in [5.74, 6) is 1.71. The van der Waals surface area contributed by atoms with Gasteiger partial charge in [-0.25, -0.2) is 0 Å². The van der Waals surface area contributed by atoms with Gasteiger partial charge < -0.3 is 10.1 Å². The number of ether oxygens (including phenoxy) is 1. The molecule has 0 spiro atoms. The van der Waals surface area contributed by atoms with Crippen molar-refractivity contribution in [2.24, 2.45) is 0 Å². The number of nitro benzene ring substituents is 1. The summed E-state index contributed by atoms with van der Waals surface area (Å²) < 4.78 is 7.13. The van der Waals surface area contributed by atoms with Gasteiger partial charge in [-0.2, -0.15) is 4.52 Å². The van der Waals surface area contributed by atoms with E-state index in [1.54, 1.807) is 23.8 Å². The fourth-order valence-corrected chi connectivity index (χ4v) is 3.50. The molecule has 5 aromatic rings. The molecule has 0 radical (unpaired) electrons. The van der Waals surface area contributed by atoms with E-state index in [9.17, 15) is 10.1 Å². The molecule has 9 heteroatoms. The largest absolute Gasteiger partial charge is 0.496 e. The second kappa shape index (κ2) is 7.38. The fourth-order valence-electron chi connectivity index (χ4n) is 3.50. The number of benzene rings is 3. The van der Waals surface area contributed by atoms with Gasteiger partial charge in [0, 0.05) is 28.6 Å². The van der Waals surface area contributed by atoms with Gasteiger partial charge in [-0.05, 0) is 18.2 Å². The van der Waals surface area contributed by atoms with Crippen LogP contribution in [0.2, 0.25) is 0 Å². The van der Waals surface area contributed by atoms with Crippen molar-refractivity contribution in [1.82, 2.24) is 19.8 Å². The van der Waals surface area contributed by atoms with Gasteiger partial charge in [0.25, 0.3) is 5.69 Å². The molecular weight excluding hydrogens is 396 g/mol. The van der Waals surface area contributed by atoms with Crippen LogP contribution in [0.4, 0.5) is 17.2 Å². The summed E-state index contributed by atoms with van der Waals surface area (Å²) in [5, 5.41) is 29.5. The van der Waals surface area contributed by atoms with Crippen molar-refractivity contribution in [3.8, 4) is 17.1 Å². The van der Waals surface area contributed by atoms with E-state index in [4.69, 9.17) is 9.84 Å². The Morgan fingerprint density at radius 1 is 0.968 bits per heavy atom. The Balaban J connectivity index is 1.73. The van der Waals surface area contributed by atoms with Crippen LogP contribution in [0.3, 0.4) is 0 Å². The molecule has 0 unspecified atom stereocenters. The Labute approximate surface area is 176 Å². The molecule has 3 aromatic carbocycles. The summed E-state index contributed by atoms with van der Waals surface area (Å²) >= 11 is 0. The van der Waals surface area contributed by atoms with Gasteiger partial charge in [0.15, 0.2) is 17.3 Å². The van der Waals surface area contributed by atoms with E-state index in [2.05, 4.69) is 15.5 Å². The number of rotatable bonds is 5. The highest BCUT2D eigenvalue weighted by Crippen LogP contribution is 2.32. The van der Waals surface area contributed by atoms with Crippen molar-refractivity contribution in [3.63, 3.8) is 0 Å². The second-order valence-electron chi connectivity index (χ2n) is 6.79. The van der Waals surface area contributed by atoms with Crippen molar-refractivity contribution in [2.45, 2.75) is 0 Å². The summed E-state index contributed by atoms with van der Waals surface area (Å²) in [7, 11) is 1.60. The van der Waals surface area contributed by atoms with Crippen molar-refractivity contribution >= 4 is 33.6 Å². The summed E-state index contributed by atoms with van der Waals surface area (Å²) in [5.41, 5.74) is 1.90. The predicted octanol–water partition coefficient (Wildman–Crippen LogP) is 4.60. The molecule has 0 saturated carbocycles. The summed E-state index contributed by atoms with van der Waals surface area (Å²) in [6.45, 7) is 0. The Hall–Kier alpha value is -4.53. The lowest BCUT2D eigenvalue weighted by Crippen LogP contribution is -2.03. The third-order valence-electron chi connectivity index (χ3n) is 4.93. The van der Waals surface area contributed by atoms with Crippen molar-refractivity contribution in [1.29, 1.82) is 0 Å². The maximum Gasteiger partial charge on any atom is 0.271 e. The van der Waals surface area contributed by atoms with E-state index in [1.807, 2.05) is 48.5 Å². The Morgan fingerprint density at radius 2 is 1.74 bits per heavy atom. The Bertz CT molecular complexity index is 1450. The lowest BCUT2D eigenvalue weighted by molar-refractivity contribution is -0.384. The van der Waals surface area contributed by atoms with Crippen LogP contribution in [0.5, 0.6) is 5.75 Å². The molecule has 2 aromatic heterocycles. The average Bonchev–Trinajstić information content (AvgIpc) is 3.23. The predicted molar refractivity (Wildman–Crippen MR) is 117 cm³/mol. The maximum atomic E-state index is 11.1. The molecular formula is C22H16N6O3. The number of nitrogens with zero attached hydrogens (tertiary/aromatic N) is 5. The van der Waals surface area contributed by atoms with E-state index in [-0.39, 0.29) is 5.69 Å². The number of para-hydroxylation sites is 1. The third-order valence-corrected chi connectivity index (χ3v) is 4.93. The first-order valence-corrected chi connectivity index (χ1v) is 9.45. The lowest BCUT2D eigenvalue weighted by Gasteiger charge is -2.11. The summed E-state index contributed by atoms with van der Waals surface area (Å²) in [6, 6.07) is 21.5. The second-order valence-corrected chi connectivity index (χ2v) is 6.79. The van der Waals surface area contributed by atoms with Crippen LogP contribution in [0.1, 0.15) is 0 Å². The van der Waals surface area contributed by atoms with Gasteiger partial charge in [0.05, 0.1) is 17.6 Å². The molecule has 2 heterocycles. The zero-order chi connectivity index (χ0) is 21.4. The number of anilines is 2. The lowest BCUT2D eigenvalue weighted by atomic mass is 10.1. The number of nitro groups is 1. The SMILES string of the molecule is COc1ccccc1-c1nnc2c3ccccc3c(Nc3cccc([N+](=O)[O-])c3)nn12. The van der Waals surface area contributed by atoms with E-state index < -0.39 is 4.92 Å². The number of hydrogen-bond donors (Lipinski definition) is 1. The fraction of sp³-hybridized carbons (Fsp3) is 0.0455. The van der Waals surface area contributed by atoms with Crippen LogP contribution in [0.15, 0.2) is 72.8 Å². The number of aromatic nitrogens is 4. The monoisotopic (exact) mass is 412 g/mol. The molecule has 0 aliphatic rings. The van der Waals surface area contributed by atoms with Crippen molar-refractivity contribution < 1.29 is 9.66 Å². The molecule has 9 nitrogen and oxygen atoms in total.